The first-order chi connectivity index (χ1) is 10.6. The van der Waals surface area contributed by atoms with E-state index in [4.69, 9.17) is 0 Å². The normalized spacial score (nSPS) is 22.7. The first-order valence-corrected chi connectivity index (χ1v) is 7.51. The molecular formula is C15H16F6N2. The summed E-state index contributed by atoms with van der Waals surface area (Å²) in [6, 6.07) is -0.710. The van der Waals surface area contributed by atoms with Gasteiger partial charge >= 0.3 is 12.4 Å². The van der Waals surface area contributed by atoms with E-state index in [1.807, 2.05) is 0 Å². The predicted molar refractivity (Wildman–Crippen MR) is 70.9 cm³/mol. The molecule has 3 rings (SSSR count). The fraction of sp³-hybridized carbons (Fsp3) is 0.667. The second-order valence-corrected chi connectivity index (χ2v) is 6.17. The molecule has 1 aromatic rings. The highest BCUT2D eigenvalue weighted by molar-refractivity contribution is 5.47. The molecule has 23 heavy (non-hydrogen) atoms. The van der Waals surface area contributed by atoms with E-state index < -0.39 is 35.3 Å². The van der Waals surface area contributed by atoms with Crippen molar-refractivity contribution in [2.24, 2.45) is 0 Å². The molecule has 0 spiro atoms. The van der Waals surface area contributed by atoms with Crippen LogP contribution in [-0.2, 0) is 25.2 Å². The van der Waals surface area contributed by atoms with Gasteiger partial charge in [-0.05, 0) is 56.8 Å². The van der Waals surface area contributed by atoms with Gasteiger partial charge in [0.2, 0.25) is 0 Å². The van der Waals surface area contributed by atoms with Gasteiger partial charge in [0.1, 0.15) is 5.69 Å². The van der Waals surface area contributed by atoms with Crippen LogP contribution in [0.2, 0.25) is 0 Å². The van der Waals surface area contributed by atoms with Gasteiger partial charge in [-0.2, -0.15) is 26.3 Å². The minimum Gasteiger partial charge on any atom is -0.298 e. The molecule has 1 fully saturated rings. The van der Waals surface area contributed by atoms with Crippen molar-refractivity contribution in [3.63, 3.8) is 0 Å². The highest BCUT2D eigenvalue weighted by Gasteiger charge is 2.46. The first kappa shape index (κ1) is 16.5. The van der Waals surface area contributed by atoms with Crippen molar-refractivity contribution < 1.29 is 26.3 Å². The molecule has 2 nitrogen and oxygen atoms in total. The van der Waals surface area contributed by atoms with E-state index in [9.17, 15) is 26.3 Å². The number of pyridine rings is 1. The molecule has 1 aromatic heterocycles. The van der Waals surface area contributed by atoms with Gasteiger partial charge in [-0.1, -0.05) is 0 Å². The number of hydrogen-bond acceptors (Lipinski definition) is 2. The summed E-state index contributed by atoms with van der Waals surface area (Å²) in [5, 5.41) is 0. The van der Waals surface area contributed by atoms with Gasteiger partial charge in [-0.25, -0.2) is 4.98 Å². The van der Waals surface area contributed by atoms with Gasteiger partial charge in [0.25, 0.3) is 0 Å². The molecule has 1 aliphatic heterocycles. The topological polar surface area (TPSA) is 16.1 Å². The van der Waals surface area contributed by atoms with Crippen LogP contribution in [0.1, 0.15) is 53.4 Å². The van der Waals surface area contributed by atoms with Gasteiger partial charge in [0.05, 0.1) is 17.3 Å². The summed E-state index contributed by atoms with van der Waals surface area (Å²) in [6.45, 7) is 0.558. The summed E-state index contributed by atoms with van der Waals surface area (Å²) in [5.41, 5.74) is -2.99. The number of fused-ring (bicyclic) bond motifs is 1. The summed E-state index contributed by atoms with van der Waals surface area (Å²) in [6.07, 6.45) is -8.05. The number of hydrogen-bond donors (Lipinski definition) is 0. The van der Waals surface area contributed by atoms with Gasteiger partial charge in [-0.15, -0.1) is 0 Å². The molecule has 0 aromatic carbocycles. The maximum atomic E-state index is 13.6. The van der Waals surface area contributed by atoms with Crippen LogP contribution in [0.3, 0.4) is 0 Å². The van der Waals surface area contributed by atoms with E-state index >= 15 is 0 Å². The standard InChI is InChI=1S/C15H16F6N2/c1-23-7-3-6-10(23)12-11(14(16,17)18)8-4-2-5-9(8)13(22-12)15(19,20)21/h10H,2-7H2,1H3/t10-/m0/s1. The largest absolute Gasteiger partial charge is 0.433 e. The highest BCUT2D eigenvalue weighted by Crippen LogP contribution is 2.46. The van der Waals surface area contributed by atoms with Crippen LogP contribution in [-0.4, -0.2) is 23.5 Å². The molecular weight excluding hydrogens is 322 g/mol. The van der Waals surface area contributed by atoms with E-state index in [1.165, 1.54) is 0 Å². The molecule has 0 saturated carbocycles. The molecule has 0 N–H and O–H groups in total. The lowest BCUT2D eigenvalue weighted by Crippen LogP contribution is -2.26. The van der Waals surface area contributed by atoms with E-state index in [1.54, 1.807) is 11.9 Å². The fourth-order valence-corrected chi connectivity index (χ4v) is 3.73. The maximum absolute atomic E-state index is 13.6. The summed E-state index contributed by atoms with van der Waals surface area (Å²) in [4.78, 5) is 5.18. The fourth-order valence-electron chi connectivity index (χ4n) is 3.73. The third-order valence-electron chi connectivity index (χ3n) is 4.68. The Bertz CT molecular complexity index is 620. The Hall–Kier alpha value is -1.31. The summed E-state index contributed by atoms with van der Waals surface area (Å²) < 4.78 is 80.6. The van der Waals surface area contributed by atoms with E-state index in [2.05, 4.69) is 4.98 Å². The van der Waals surface area contributed by atoms with Gasteiger partial charge < -0.3 is 0 Å². The molecule has 1 aliphatic carbocycles. The van der Waals surface area contributed by atoms with Crippen molar-refractivity contribution >= 4 is 0 Å². The molecule has 1 atom stereocenters. The minimum atomic E-state index is -4.73. The Balaban J connectivity index is 2.28. The number of rotatable bonds is 1. The molecule has 0 bridgehead atoms. The number of aromatic nitrogens is 1. The molecule has 1 saturated heterocycles. The number of likely N-dealkylation sites (tertiary alicyclic amines) is 1. The van der Waals surface area contributed by atoms with Crippen LogP contribution in [0.15, 0.2) is 0 Å². The van der Waals surface area contributed by atoms with Crippen molar-refractivity contribution in [1.82, 2.24) is 9.88 Å². The van der Waals surface area contributed by atoms with Gasteiger partial charge in [-0.3, -0.25) is 4.90 Å². The Labute approximate surface area is 129 Å². The highest BCUT2D eigenvalue weighted by atomic mass is 19.4. The second-order valence-electron chi connectivity index (χ2n) is 6.17. The lowest BCUT2D eigenvalue weighted by atomic mass is 9.95. The zero-order valence-corrected chi connectivity index (χ0v) is 12.5. The molecule has 2 aliphatic rings. The SMILES string of the molecule is CN1CCC[C@H]1c1nc(C(F)(F)F)c2c(c1C(F)(F)F)CCC2. The molecule has 0 unspecified atom stereocenters. The zero-order valence-electron chi connectivity index (χ0n) is 12.5. The molecule has 0 radical (unpaired) electrons. The van der Waals surface area contributed by atoms with E-state index in [0.29, 0.717) is 25.8 Å². The van der Waals surface area contributed by atoms with Crippen molar-refractivity contribution in [3.05, 3.63) is 28.1 Å². The van der Waals surface area contributed by atoms with Crippen molar-refractivity contribution in [1.29, 1.82) is 0 Å². The third kappa shape index (κ3) is 2.81. The second kappa shape index (κ2) is 5.36. The van der Waals surface area contributed by atoms with Crippen LogP contribution in [0, 0.1) is 0 Å². The molecule has 0 amide bonds. The lowest BCUT2D eigenvalue weighted by Gasteiger charge is -2.26. The summed E-state index contributed by atoms with van der Waals surface area (Å²) >= 11 is 0. The molecule has 8 heteroatoms. The first-order valence-electron chi connectivity index (χ1n) is 7.51. The van der Waals surface area contributed by atoms with Crippen LogP contribution < -0.4 is 0 Å². The lowest BCUT2D eigenvalue weighted by molar-refractivity contribution is -0.146. The van der Waals surface area contributed by atoms with Crippen LogP contribution >= 0.6 is 0 Å². The van der Waals surface area contributed by atoms with E-state index in [-0.39, 0.29) is 24.0 Å². The maximum Gasteiger partial charge on any atom is 0.433 e. The Morgan fingerprint density at radius 1 is 0.957 bits per heavy atom. The monoisotopic (exact) mass is 338 g/mol. The zero-order chi connectivity index (χ0) is 17.0. The van der Waals surface area contributed by atoms with Crippen molar-refractivity contribution in [2.45, 2.75) is 50.5 Å². The van der Waals surface area contributed by atoms with Crippen molar-refractivity contribution in [3.8, 4) is 0 Å². The number of alkyl halides is 6. The van der Waals surface area contributed by atoms with Gasteiger partial charge in [0, 0.05) is 0 Å². The van der Waals surface area contributed by atoms with Gasteiger partial charge in [0.15, 0.2) is 0 Å². The quantitative estimate of drug-likeness (QED) is 0.707. The van der Waals surface area contributed by atoms with Crippen LogP contribution in [0.5, 0.6) is 0 Å². The Morgan fingerprint density at radius 2 is 1.61 bits per heavy atom. The smallest absolute Gasteiger partial charge is 0.298 e. The molecule has 128 valence electrons. The minimum absolute atomic E-state index is 0.00103. The summed E-state index contributed by atoms with van der Waals surface area (Å²) in [5.74, 6) is 0. The third-order valence-corrected chi connectivity index (χ3v) is 4.68. The average molecular weight is 338 g/mol. The predicted octanol–water partition coefficient (Wildman–Crippen LogP) is 4.37. The van der Waals surface area contributed by atoms with E-state index in [0.717, 1.165) is 0 Å². The summed E-state index contributed by atoms with van der Waals surface area (Å²) in [7, 11) is 1.62. The number of halogens is 6. The molecule has 2 heterocycles. The average Bonchev–Trinajstić information content (AvgIpc) is 3.02. The van der Waals surface area contributed by atoms with Crippen LogP contribution in [0.4, 0.5) is 26.3 Å². The van der Waals surface area contributed by atoms with Crippen molar-refractivity contribution in [2.75, 3.05) is 13.6 Å². The Morgan fingerprint density at radius 3 is 2.13 bits per heavy atom. The van der Waals surface area contributed by atoms with Crippen LogP contribution in [0.25, 0.3) is 0 Å². The number of nitrogens with zero attached hydrogens (tertiary/aromatic N) is 2. The Kier molecular flexibility index (Phi) is 3.85.